The van der Waals surface area contributed by atoms with Gasteiger partial charge in [0.25, 0.3) is 0 Å². The van der Waals surface area contributed by atoms with Gasteiger partial charge in [-0.3, -0.25) is 9.59 Å². The van der Waals surface area contributed by atoms with Crippen molar-refractivity contribution in [1.29, 1.82) is 0 Å². The molecule has 0 aliphatic rings. The molecule has 0 bridgehead atoms. The highest BCUT2D eigenvalue weighted by Gasteiger charge is 2.24. The van der Waals surface area contributed by atoms with Gasteiger partial charge < -0.3 is 25.5 Å². The number of carboxylic acid groups (broad SMARTS) is 2. The molecule has 0 fully saturated rings. The average Bonchev–Trinajstić information content (AvgIpc) is 2.72. The molecule has 0 spiro atoms. The second-order valence-corrected chi connectivity index (χ2v) is 7.50. The highest BCUT2D eigenvalue weighted by molar-refractivity contribution is 5.70. The number of rotatable bonds is 14. The summed E-state index contributed by atoms with van der Waals surface area (Å²) >= 11 is 0. The molecule has 0 amide bonds. The first-order chi connectivity index (χ1) is 13.7. The van der Waals surface area contributed by atoms with Gasteiger partial charge in [0, 0.05) is 5.41 Å². The van der Waals surface area contributed by atoms with Crippen LogP contribution in [0.4, 0.5) is 0 Å². The number of hydrogen-bond acceptors (Lipinski definition) is 5. The lowest BCUT2D eigenvalue weighted by molar-refractivity contribution is -0.143. The van der Waals surface area contributed by atoms with E-state index in [1.165, 1.54) is 0 Å². The minimum Gasteiger partial charge on any atom is -0.481 e. The zero-order valence-corrected chi connectivity index (χ0v) is 19.2. The van der Waals surface area contributed by atoms with Gasteiger partial charge in [0.05, 0.1) is 31.7 Å². The third-order valence-electron chi connectivity index (χ3n) is 5.25. The first-order valence-corrected chi connectivity index (χ1v) is 11.0. The summed E-state index contributed by atoms with van der Waals surface area (Å²) in [5.41, 5.74) is -0.667. The average molecular weight is 423 g/mol. The SMILES string of the molecule is CCC(CO)(CO)CO.CCCCC(CC)C(=O)O.CCCCC(CC)C(=O)O. The van der Waals surface area contributed by atoms with Crippen molar-refractivity contribution in [2.45, 2.75) is 92.4 Å². The van der Waals surface area contributed by atoms with Gasteiger partial charge in [-0.05, 0) is 32.1 Å². The van der Waals surface area contributed by atoms with Crippen LogP contribution in [-0.2, 0) is 9.59 Å². The number of aliphatic carboxylic acids is 2. The van der Waals surface area contributed by atoms with Crippen molar-refractivity contribution in [2.75, 3.05) is 19.8 Å². The van der Waals surface area contributed by atoms with E-state index in [1.54, 1.807) is 0 Å². The van der Waals surface area contributed by atoms with Crippen molar-refractivity contribution in [3.63, 3.8) is 0 Å². The molecule has 0 saturated carbocycles. The maximum Gasteiger partial charge on any atom is 0.306 e. The third kappa shape index (κ3) is 17.4. The molecule has 0 aromatic rings. The standard InChI is InChI=1S/2C8H16O2.C6H14O3/c2*1-3-5-6-7(4-2)8(9)10;1-2-6(3-7,4-8)5-9/h2*7H,3-6H2,1-2H3,(H,9,10);7-9H,2-5H2,1H3. The van der Waals surface area contributed by atoms with E-state index < -0.39 is 17.4 Å². The monoisotopic (exact) mass is 422 g/mol. The number of aliphatic hydroxyl groups is 3. The Labute approximate surface area is 177 Å². The Kier molecular flexibility index (Phi) is 24.1. The molecule has 29 heavy (non-hydrogen) atoms. The summed E-state index contributed by atoms with van der Waals surface area (Å²) in [4.78, 5) is 20.9. The van der Waals surface area contributed by atoms with Gasteiger partial charge in [0.2, 0.25) is 0 Å². The van der Waals surface area contributed by atoms with Crippen LogP contribution in [0.15, 0.2) is 0 Å². The van der Waals surface area contributed by atoms with Gasteiger partial charge in [-0.25, -0.2) is 0 Å². The van der Waals surface area contributed by atoms with Crippen molar-refractivity contribution in [2.24, 2.45) is 17.3 Å². The number of carboxylic acids is 2. The summed E-state index contributed by atoms with van der Waals surface area (Å²) in [6.07, 6.45) is 8.02. The molecule has 2 atom stereocenters. The van der Waals surface area contributed by atoms with Gasteiger partial charge in [0.15, 0.2) is 0 Å². The molecule has 0 aliphatic heterocycles. The smallest absolute Gasteiger partial charge is 0.306 e. The molecule has 0 saturated heterocycles. The summed E-state index contributed by atoms with van der Waals surface area (Å²) in [7, 11) is 0. The normalized spacial score (nSPS) is 12.7. The van der Waals surface area contributed by atoms with Crippen LogP contribution in [0.25, 0.3) is 0 Å². The molecule has 7 heteroatoms. The van der Waals surface area contributed by atoms with Gasteiger partial charge in [-0.15, -0.1) is 0 Å². The summed E-state index contributed by atoms with van der Waals surface area (Å²) in [6.45, 7) is 9.36. The molecule has 7 nitrogen and oxygen atoms in total. The second kappa shape index (κ2) is 21.5. The van der Waals surface area contributed by atoms with Crippen molar-refractivity contribution in [3.8, 4) is 0 Å². The van der Waals surface area contributed by atoms with E-state index >= 15 is 0 Å². The number of aliphatic hydroxyl groups excluding tert-OH is 3. The van der Waals surface area contributed by atoms with E-state index in [2.05, 4.69) is 13.8 Å². The first-order valence-electron chi connectivity index (χ1n) is 11.0. The van der Waals surface area contributed by atoms with Crippen molar-refractivity contribution in [1.82, 2.24) is 0 Å². The topological polar surface area (TPSA) is 135 Å². The molecule has 0 aromatic carbocycles. The summed E-state index contributed by atoms with van der Waals surface area (Å²) in [5.74, 6) is -1.51. The van der Waals surface area contributed by atoms with Gasteiger partial charge in [0.1, 0.15) is 0 Å². The Morgan fingerprint density at radius 2 is 1.00 bits per heavy atom. The molecular weight excluding hydrogens is 376 g/mol. The fourth-order valence-electron chi connectivity index (χ4n) is 2.39. The lowest BCUT2D eigenvalue weighted by atomic mass is 9.88. The summed E-state index contributed by atoms with van der Waals surface area (Å²) in [6, 6.07) is 0. The van der Waals surface area contributed by atoms with Gasteiger partial charge >= 0.3 is 11.9 Å². The number of unbranched alkanes of at least 4 members (excludes halogenated alkanes) is 2. The van der Waals surface area contributed by atoms with Gasteiger partial charge in [-0.2, -0.15) is 0 Å². The molecule has 0 rings (SSSR count). The van der Waals surface area contributed by atoms with E-state index in [1.807, 2.05) is 20.8 Å². The highest BCUT2D eigenvalue weighted by atomic mass is 16.4. The maximum atomic E-state index is 10.4. The van der Waals surface area contributed by atoms with Crippen LogP contribution in [-0.4, -0.2) is 57.3 Å². The Morgan fingerprint density at radius 1 is 0.690 bits per heavy atom. The molecule has 0 heterocycles. The van der Waals surface area contributed by atoms with E-state index in [0.29, 0.717) is 6.42 Å². The Balaban J connectivity index is -0.000000350. The summed E-state index contributed by atoms with van der Waals surface area (Å²) < 4.78 is 0. The zero-order chi connectivity index (χ0) is 23.3. The Hall–Kier alpha value is -1.18. The largest absolute Gasteiger partial charge is 0.481 e. The van der Waals surface area contributed by atoms with Crippen LogP contribution >= 0.6 is 0 Å². The lowest BCUT2D eigenvalue weighted by Gasteiger charge is -2.24. The van der Waals surface area contributed by atoms with Gasteiger partial charge in [-0.1, -0.05) is 60.3 Å². The number of hydrogen-bond donors (Lipinski definition) is 5. The Bertz CT molecular complexity index is 338. The van der Waals surface area contributed by atoms with Crippen LogP contribution in [0.1, 0.15) is 92.4 Å². The fraction of sp³-hybridized carbons (Fsp3) is 0.909. The fourth-order valence-corrected chi connectivity index (χ4v) is 2.39. The minimum absolute atomic E-state index is 0.111. The zero-order valence-electron chi connectivity index (χ0n) is 19.2. The first kappa shape index (κ1) is 32.5. The van der Waals surface area contributed by atoms with Crippen LogP contribution in [0.3, 0.4) is 0 Å². The predicted molar refractivity (Wildman–Crippen MR) is 116 cm³/mol. The van der Waals surface area contributed by atoms with Crippen LogP contribution in [0, 0.1) is 17.3 Å². The van der Waals surface area contributed by atoms with Crippen molar-refractivity contribution in [3.05, 3.63) is 0 Å². The quantitative estimate of drug-likeness (QED) is 0.286. The van der Waals surface area contributed by atoms with Crippen molar-refractivity contribution < 1.29 is 35.1 Å². The molecule has 2 unspecified atom stereocenters. The Morgan fingerprint density at radius 3 is 1.10 bits per heavy atom. The molecule has 0 radical (unpaired) electrons. The minimum atomic E-state index is -0.667. The van der Waals surface area contributed by atoms with Crippen molar-refractivity contribution >= 4 is 11.9 Å². The molecule has 0 aromatic heterocycles. The van der Waals surface area contributed by atoms with Crippen LogP contribution in [0.2, 0.25) is 0 Å². The molecule has 176 valence electrons. The number of carbonyl (C=O) groups is 2. The van der Waals surface area contributed by atoms with Crippen LogP contribution in [0.5, 0.6) is 0 Å². The maximum absolute atomic E-state index is 10.4. The van der Waals surface area contributed by atoms with E-state index in [9.17, 15) is 9.59 Å². The van der Waals surface area contributed by atoms with E-state index in [4.69, 9.17) is 25.5 Å². The summed E-state index contributed by atoms with van der Waals surface area (Å²) in [5, 5.41) is 43.2. The molecule has 5 N–H and O–H groups in total. The lowest BCUT2D eigenvalue weighted by Crippen LogP contribution is -2.32. The van der Waals surface area contributed by atoms with E-state index in [0.717, 1.165) is 51.4 Å². The van der Waals surface area contributed by atoms with E-state index in [-0.39, 0.29) is 31.7 Å². The molecule has 0 aliphatic carbocycles. The molecular formula is C22H46O7. The predicted octanol–water partition coefficient (Wildman–Crippen LogP) is 3.93. The third-order valence-corrected chi connectivity index (χ3v) is 5.25. The van der Waals surface area contributed by atoms with Crippen LogP contribution < -0.4 is 0 Å². The second-order valence-electron chi connectivity index (χ2n) is 7.50. The highest BCUT2D eigenvalue weighted by Crippen LogP contribution is 2.18.